The molecule has 2 aliphatic rings. The van der Waals surface area contributed by atoms with E-state index in [1.54, 1.807) is 32.9 Å². The number of hydrogen-bond acceptors (Lipinski definition) is 9. The quantitative estimate of drug-likeness (QED) is 0.458. The fourth-order valence-corrected chi connectivity index (χ4v) is 4.83. The Labute approximate surface area is 205 Å². The maximum atomic E-state index is 13.8. The van der Waals surface area contributed by atoms with Crippen LogP contribution in [0.4, 0.5) is 0 Å². The van der Waals surface area contributed by atoms with E-state index in [9.17, 15) is 14.4 Å². The van der Waals surface area contributed by atoms with Gasteiger partial charge in [0.25, 0.3) is 0 Å². The molecule has 0 fully saturated rings. The van der Waals surface area contributed by atoms with Gasteiger partial charge in [0, 0.05) is 22.9 Å². The lowest BCUT2D eigenvalue weighted by atomic mass is 9.69. The molecule has 1 aliphatic carbocycles. The molecule has 0 bridgehead atoms. The Hall–Kier alpha value is -3.49. The molecule has 0 saturated carbocycles. The summed E-state index contributed by atoms with van der Waals surface area (Å²) in [7, 11) is 5.74. The number of methoxy groups -OCH3 is 4. The van der Waals surface area contributed by atoms with E-state index in [1.165, 1.54) is 28.4 Å². The van der Waals surface area contributed by atoms with E-state index in [0.29, 0.717) is 46.2 Å². The van der Waals surface area contributed by atoms with Gasteiger partial charge in [-0.15, -0.1) is 0 Å². The van der Waals surface area contributed by atoms with Crippen LogP contribution in [-0.2, 0) is 23.9 Å². The number of hydrogen-bond donors (Lipinski definition) is 1. The number of allylic oxidation sites excluding steroid dienone is 3. The molecule has 3 atom stereocenters. The maximum absolute atomic E-state index is 13.8. The van der Waals surface area contributed by atoms with Crippen molar-refractivity contribution >= 4 is 17.7 Å². The van der Waals surface area contributed by atoms with Crippen LogP contribution in [0.2, 0.25) is 0 Å². The second-order valence-electron chi connectivity index (χ2n) is 8.95. The second kappa shape index (κ2) is 10.4. The van der Waals surface area contributed by atoms with E-state index in [1.807, 2.05) is 6.92 Å². The highest BCUT2D eigenvalue weighted by molar-refractivity contribution is 6.12. The first-order chi connectivity index (χ1) is 16.6. The highest BCUT2D eigenvalue weighted by atomic mass is 16.5. The minimum atomic E-state index is -0.981. The predicted octanol–water partition coefficient (Wildman–Crippen LogP) is 3.28. The lowest BCUT2D eigenvalue weighted by molar-refractivity contribution is -0.151. The lowest BCUT2D eigenvalue weighted by Gasteiger charge is -2.38. The third-order valence-corrected chi connectivity index (χ3v) is 6.33. The number of benzene rings is 1. The number of esters is 2. The average Bonchev–Trinajstić information content (AvgIpc) is 2.81. The fourth-order valence-electron chi connectivity index (χ4n) is 4.83. The Morgan fingerprint density at radius 1 is 1.03 bits per heavy atom. The van der Waals surface area contributed by atoms with Crippen LogP contribution in [0.1, 0.15) is 45.6 Å². The van der Waals surface area contributed by atoms with Gasteiger partial charge in [-0.05, 0) is 50.8 Å². The Balaban J connectivity index is 2.30. The van der Waals surface area contributed by atoms with Crippen LogP contribution in [0.25, 0.3) is 0 Å². The number of carbonyl (C=O) groups is 3. The smallest absolute Gasteiger partial charge is 0.337 e. The van der Waals surface area contributed by atoms with Crippen molar-refractivity contribution in [2.24, 2.45) is 11.8 Å². The van der Waals surface area contributed by atoms with Gasteiger partial charge in [-0.25, -0.2) is 4.79 Å². The summed E-state index contributed by atoms with van der Waals surface area (Å²) in [5.74, 6) is -2.51. The predicted molar refractivity (Wildman–Crippen MR) is 127 cm³/mol. The van der Waals surface area contributed by atoms with Crippen LogP contribution in [0.5, 0.6) is 17.2 Å². The zero-order valence-corrected chi connectivity index (χ0v) is 21.4. The Morgan fingerprint density at radius 2 is 1.63 bits per heavy atom. The van der Waals surface area contributed by atoms with E-state index in [-0.39, 0.29) is 23.4 Å². The van der Waals surface area contributed by atoms with Gasteiger partial charge in [0.1, 0.15) is 5.92 Å². The summed E-state index contributed by atoms with van der Waals surface area (Å²) in [6.07, 6.45) is 0.0645. The van der Waals surface area contributed by atoms with Crippen LogP contribution in [-0.4, -0.2) is 52.3 Å². The fraction of sp³-hybridized carbons (Fsp3) is 0.500. The van der Waals surface area contributed by atoms with Gasteiger partial charge in [-0.3, -0.25) is 9.59 Å². The van der Waals surface area contributed by atoms with Crippen molar-refractivity contribution in [3.63, 3.8) is 0 Å². The first-order valence-electron chi connectivity index (χ1n) is 11.4. The zero-order valence-electron chi connectivity index (χ0n) is 21.4. The standard InChI is InChI=1S/C26H33NO8/c1-12(2)35-26(30)20-14(4)27-16-9-13(3)19(25(29)34-8)23(28)22(16)21(20)15-10-17(31-5)24(33-7)18(11-15)32-6/h10-13,19,21,27H,9H2,1-8H3/t13-,19+,21+/m1/s1. The third kappa shape index (κ3) is 4.72. The first kappa shape index (κ1) is 26.1. The van der Waals surface area contributed by atoms with Crippen LogP contribution < -0.4 is 19.5 Å². The molecular weight excluding hydrogens is 454 g/mol. The summed E-state index contributed by atoms with van der Waals surface area (Å²) < 4.78 is 27.0. The Kier molecular flexibility index (Phi) is 7.77. The molecule has 1 aromatic carbocycles. The summed E-state index contributed by atoms with van der Waals surface area (Å²) in [5, 5.41) is 3.24. The van der Waals surface area contributed by atoms with Crippen LogP contribution in [0.15, 0.2) is 34.7 Å². The van der Waals surface area contributed by atoms with Gasteiger partial charge in [-0.1, -0.05) is 6.92 Å². The molecule has 1 aliphatic heterocycles. The molecule has 35 heavy (non-hydrogen) atoms. The van der Waals surface area contributed by atoms with Gasteiger partial charge >= 0.3 is 11.9 Å². The Morgan fingerprint density at radius 3 is 2.11 bits per heavy atom. The van der Waals surface area contributed by atoms with Gasteiger partial charge in [0.15, 0.2) is 17.3 Å². The molecule has 190 valence electrons. The van der Waals surface area contributed by atoms with Crippen molar-refractivity contribution in [2.45, 2.75) is 46.1 Å². The first-order valence-corrected chi connectivity index (χ1v) is 11.4. The third-order valence-electron chi connectivity index (χ3n) is 6.33. The molecule has 0 unspecified atom stereocenters. The maximum Gasteiger partial charge on any atom is 0.337 e. The average molecular weight is 488 g/mol. The SMILES string of the molecule is COC(=O)[C@@H]1C(=O)C2=C(C[C@H]1C)NC(C)=C(C(=O)OC(C)C)[C@@H]2c1cc(OC)c(OC)c(OC)c1. The summed E-state index contributed by atoms with van der Waals surface area (Å²) in [6.45, 7) is 7.11. The highest BCUT2D eigenvalue weighted by Gasteiger charge is 2.47. The van der Waals surface area contributed by atoms with Gasteiger partial charge in [0.05, 0.1) is 40.1 Å². The minimum Gasteiger partial charge on any atom is -0.493 e. The van der Waals surface area contributed by atoms with Crippen molar-refractivity contribution < 1.29 is 38.1 Å². The molecule has 1 N–H and O–H groups in total. The molecule has 0 spiro atoms. The molecule has 9 heteroatoms. The summed E-state index contributed by atoms with van der Waals surface area (Å²) in [5.41, 5.74) is 2.41. The molecule has 9 nitrogen and oxygen atoms in total. The molecule has 0 amide bonds. The van der Waals surface area contributed by atoms with Crippen LogP contribution in [0.3, 0.4) is 0 Å². The summed E-state index contributed by atoms with van der Waals surface area (Å²) in [4.78, 5) is 39.7. The van der Waals surface area contributed by atoms with Crippen LogP contribution >= 0.6 is 0 Å². The van der Waals surface area contributed by atoms with Gasteiger partial charge < -0.3 is 29.0 Å². The van der Waals surface area contributed by atoms with E-state index < -0.39 is 23.8 Å². The molecule has 3 rings (SSSR count). The van der Waals surface area contributed by atoms with Crippen molar-refractivity contribution in [3.05, 3.63) is 40.2 Å². The van der Waals surface area contributed by atoms with Crippen LogP contribution in [0, 0.1) is 11.8 Å². The molecule has 1 heterocycles. The minimum absolute atomic E-state index is 0.276. The summed E-state index contributed by atoms with van der Waals surface area (Å²) >= 11 is 0. The monoisotopic (exact) mass is 487 g/mol. The molecular formula is C26H33NO8. The largest absolute Gasteiger partial charge is 0.493 e. The van der Waals surface area contributed by atoms with Gasteiger partial charge in [0.2, 0.25) is 5.75 Å². The van der Waals surface area contributed by atoms with E-state index in [0.717, 1.165) is 0 Å². The second-order valence-corrected chi connectivity index (χ2v) is 8.95. The topological polar surface area (TPSA) is 109 Å². The van der Waals surface area contributed by atoms with E-state index >= 15 is 0 Å². The number of nitrogens with one attached hydrogen (secondary N) is 1. The molecule has 0 aromatic heterocycles. The number of ether oxygens (including phenoxy) is 5. The molecule has 0 saturated heterocycles. The van der Waals surface area contributed by atoms with Crippen molar-refractivity contribution in [1.29, 1.82) is 0 Å². The highest BCUT2D eigenvalue weighted by Crippen LogP contribution is 2.49. The van der Waals surface area contributed by atoms with Crippen molar-refractivity contribution in [3.8, 4) is 17.2 Å². The normalized spacial score (nSPS) is 21.9. The molecule has 1 aromatic rings. The summed E-state index contributed by atoms with van der Waals surface area (Å²) in [6, 6.07) is 3.41. The number of dihydropyridines is 1. The van der Waals surface area contributed by atoms with E-state index in [4.69, 9.17) is 23.7 Å². The number of ketones is 1. The zero-order chi connectivity index (χ0) is 26.0. The number of Topliss-reactive ketones (excluding diaryl/α,β-unsaturated/α-hetero) is 1. The Bertz CT molecular complexity index is 1080. The van der Waals surface area contributed by atoms with E-state index in [2.05, 4.69) is 5.32 Å². The number of carbonyl (C=O) groups excluding carboxylic acids is 3. The van der Waals surface area contributed by atoms with Crippen molar-refractivity contribution in [1.82, 2.24) is 5.32 Å². The molecule has 0 radical (unpaired) electrons. The lowest BCUT2D eigenvalue weighted by Crippen LogP contribution is -2.43. The number of rotatable bonds is 7. The van der Waals surface area contributed by atoms with Gasteiger partial charge in [-0.2, -0.15) is 0 Å². The van der Waals surface area contributed by atoms with Crippen molar-refractivity contribution in [2.75, 3.05) is 28.4 Å².